The van der Waals surface area contributed by atoms with Gasteiger partial charge in [-0.05, 0) is 50.5 Å². The average Bonchev–Trinajstić information content (AvgIpc) is 2.59. The number of carbonyl (C=O) groups is 2. The monoisotopic (exact) mass is 441 g/mol. The Morgan fingerprint density at radius 1 is 0.893 bits per heavy atom. The van der Waals surface area contributed by atoms with Crippen molar-refractivity contribution in [2.75, 3.05) is 0 Å². The summed E-state index contributed by atoms with van der Waals surface area (Å²) in [4.78, 5) is 30.1. The molecule has 1 aromatic heterocycles. The molecule has 0 fully saturated rings. The number of pyridine rings is 1. The van der Waals surface area contributed by atoms with E-state index >= 15 is 0 Å². The fourth-order valence-corrected chi connectivity index (χ4v) is 4.04. The summed E-state index contributed by atoms with van der Waals surface area (Å²) in [5.74, 6) is -0.258. The Morgan fingerprint density at radius 3 is 1.93 bits per heavy atom. The van der Waals surface area contributed by atoms with Crippen LogP contribution in [0.3, 0.4) is 0 Å². The van der Waals surface area contributed by atoms with Gasteiger partial charge in [0.1, 0.15) is 5.75 Å². The highest BCUT2D eigenvalue weighted by molar-refractivity contribution is 9.12. The van der Waals surface area contributed by atoms with Gasteiger partial charge in [0, 0.05) is 34.7 Å². The summed E-state index contributed by atoms with van der Waals surface area (Å²) in [7, 11) is 0. The fraction of sp³-hybridized carbons (Fsp3) is 0.348. The quantitative estimate of drug-likeness (QED) is 0.627. The van der Waals surface area contributed by atoms with Crippen LogP contribution in [0.5, 0.6) is 5.75 Å². The third kappa shape index (κ3) is 3.32. The highest BCUT2D eigenvalue weighted by Crippen LogP contribution is 2.43. The summed E-state index contributed by atoms with van der Waals surface area (Å²) >= 11 is 3.36. The van der Waals surface area contributed by atoms with Gasteiger partial charge in [0.15, 0.2) is 5.78 Å². The largest absolute Gasteiger partial charge is 0.507 e. The lowest BCUT2D eigenvalue weighted by atomic mass is 9.76. The summed E-state index contributed by atoms with van der Waals surface area (Å²) < 4.78 is 0.238. The van der Waals surface area contributed by atoms with E-state index in [2.05, 4.69) is 20.9 Å². The number of benzene rings is 1. The second-order valence-electron chi connectivity index (χ2n) is 9.19. The van der Waals surface area contributed by atoms with Gasteiger partial charge in [-0.2, -0.15) is 0 Å². The molecule has 1 aliphatic rings. The third-order valence-corrected chi connectivity index (χ3v) is 5.73. The minimum absolute atomic E-state index is 0.233. The van der Waals surface area contributed by atoms with Crippen LogP contribution in [0.25, 0.3) is 5.57 Å². The zero-order chi connectivity index (χ0) is 21.0. The van der Waals surface area contributed by atoms with Crippen LogP contribution in [0.15, 0.2) is 35.1 Å². The topological polar surface area (TPSA) is 67.3 Å². The Hall–Kier alpha value is -2.27. The van der Waals surface area contributed by atoms with E-state index in [-0.39, 0.29) is 32.6 Å². The maximum atomic E-state index is 13.2. The van der Waals surface area contributed by atoms with Gasteiger partial charge in [0.2, 0.25) is 5.78 Å². The molecule has 2 aromatic rings. The van der Waals surface area contributed by atoms with Gasteiger partial charge in [0.25, 0.3) is 0 Å². The van der Waals surface area contributed by atoms with Gasteiger partial charge in [0.05, 0.1) is 10.0 Å². The van der Waals surface area contributed by atoms with Crippen LogP contribution in [0.2, 0.25) is 0 Å². The molecule has 5 heteroatoms. The molecule has 1 N–H and O–H groups in total. The van der Waals surface area contributed by atoms with Crippen molar-refractivity contribution in [2.24, 2.45) is 0 Å². The summed E-state index contributed by atoms with van der Waals surface area (Å²) in [5.41, 5.74) is 2.37. The number of hydrogen-bond acceptors (Lipinski definition) is 4. The molecule has 146 valence electrons. The van der Waals surface area contributed by atoms with Gasteiger partial charge in [-0.1, -0.05) is 41.5 Å². The lowest BCUT2D eigenvalue weighted by molar-refractivity contribution is 0.0999. The molecule has 0 saturated carbocycles. The van der Waals surface area contributed by atoms with Crippen LogP contribution in [0.1, 0.15) is 78.9 Å². The molecule has 0 spiro atoms. The van der Waals surface area contributed by atoms with Crippen LogP contribution < -0.4 is 0 Å². The molecule has 1 aliphatic carbocycles. The number of nitrogens with zero attached hydrogens (tertiary/aromatic N) is 1. The first-order chi connectivity index (χ1) is 12.8. The van der Waals surface area contributed by atoms with Crippen molar-refractivity contribution in [3.63, 3.8) is 0 Å². The number of phenolic OH excluding ortho intramolecular Hbond substituents is 1. The highest BCUT2D eigenvalue weighted by Gasteiger charge is 2.34. The molecule has 0 radical (unpaired) electrons. The van der Waals surface area contributed by atoms with E-state index in [0.29, 0.717) is 22.3 Å². The standard InChI is InChI=1S/C23H24BrNO3/c1-22(2,3)15-9-12(10-16(21(15)28)23(4,5)6)17-18(24)20(27)13-7-8-25-11-14(13)19(17)26/h7-11,28H,1-6H3. The molecular weight excluding hydrogens is 418 g/mol. The highest BCUT2D eigenvalue weighted by atomic mass is 79.9. The second-order valence-corrected chi connectivity index (χ2v) is 9.98. The normalized spacial score (nSPS) is 15.1. The predicted molar refractivity (Wildman–Crippen MR) is 114 cm³/mol. The maximum absolute atomic E-state index is 13.2. The Kier molecular flexibility index (Phi) is 4.87. The first-order valence-electron chi connectivity index (χ1n) is 9.15. The number of hydrogen-bond donors (Lipinski definition) is 1. The Labute approximate surface area is 173 Å². The number of halogens is 1. The molecule has 0 unspecified atom stereocenters. The van der Waals surface area contributed by atoms with Crippen molar-refractivity contribution in [2.45, 2.75) is 52.4 Å². The number of aromatic nitrogens is 1. The van der Waals surface area contributed by atoms with Gasteiger partial charge in [-0.3, -0.25) is 14.6 Å². The van der Waals surface area contributed by atoms with Crippen molar-refractivity contribution in [3.8, 4) is 5.75 Å². The zero-order valence-electron chi connectivity index (χ0n) is 17.0. The number of allylic oxidation sites excluding steroid dienone is 2. The minimum atomic E-state index is -0.339. The Bertz CT molecular complexity index is 1000. The number of fused-ring (bicyclic) bond motifs is 1. The number of Topliss-reactive ketones (excluding diaryl/α,β-unsaturated/α-hetero) is 2. The van der Waals surface area contributed by atoms with E-state index in [4.69, 9.17) is 0 Å². The number of ketones is 2. The summed E-state index contributed by atoms with van der Waals surface area (Å²) in [6.07, 6.45) is 2.94. The third-order valence-electron chi connectivity index (χ3n) is 4.97. The molecule has 4 nitrogen and oxygen atoms in total. The number of phenols is 1. The summed E-state index contributed by atoms with van der Waals surface area (Å²) in [6, 6.07) is 5.19. The summed E-state index contributed by atoms with van der Waals surface area (Å²) in [5, 5.41) is 10.9. The Morgan fingerprint density at radius 2 is 1.43 bits per heavy atom. The molecule has 0 saturated heterocycles. The van der Waals surface area contributed by atoms with E-state index in [0.717, 1.165) is 11.1 Å². The number of carbonyl (C=O) groups excluding carboxylic acids is 2. The van der Waals surface area contributed by atoms with Crippen molar-refractivity contribution in [1.29, 1.82) is 0 Å². The van der Waals surface area contributed by atoms with Crippen molar-refractivity contribution >= 4 is 33.1 Å². The van der Waals surface area contributed by atoms with Crippen molar-refractivity contribution in [1.82, 2.24) is 4.98 Å². The smallest absolute Gasteiger partial charge is 0.201 e. The second kappa shape index (κ2) is 6.66. The SMILES string of the molecule is CC(C)(C)c1cc(C2=C(Br)C(=O)c3ccncc3C2=O)cc(C(C)(C)C)c1O. The molecule has 28 heavy (non-hydrogen) atoms. The van der Waals surface area contributed by atoms with Crippen LogP contribution in [-0.4, -0.2) is 21.7 Å². The molecule has 0 aliphatic heterocycles. The van der Waals surface area contributed by atoms with E-state index in [1.165, 1.54) is 12.4 Å². The van der Waals surface area contributed by atoms with E-state index in [1.54, 1.807) is 6.07 Å². The van der Waals surface area contributed by atoms with E-state index in [1.807, 2.05) is 53.7 Å². The molecule has 3 rings (SSSR count). The van der Waals surface area contributed by atoms with Gasteiger partial charge in [-0.15, -0.1) is 0 Å². The van der Waals surface area contributed by atoms with Crippen LogP contribution in [-0.2, 0) is 10.8 Å². The average molecular weight is 442 g/mol. The maximum Gasteiger partial charge on any atom is 0.201 e. The first kappa shape index (κ1) is 20.5. The van der Waals surface area contributed by atoms with E-state index in [9.17, 15) is 14.7 Å². The van der Waals surface area contributed by atoms with Crippen molar-refractivity contribution in [3.05, 3.63) is 62.9 Å². The number of aromatic hydroxyl groups is 1. The lowest BCUT2D eigenvalue weighted by Crippen LogP contribution is -2.22. The molecule has 0 bridgehead atoms. The minimum Gasteiger partial charge on any atom is -0.507 e. The summed E-state index contributed by atoms with van der Waals surface area (Å²) in [6.45, 7) is 12.1. The fourth-order valence-electron chi connectivity index (χ4n) is 3.42. The number of rotatable bonds is 1. The zero-order valence-corrected chi connectivity index (χ0v) is 18.6. The van der Waals surface area contributed by atoms with Crippen molar-refractivity contribution < 1.29 is 14.7 Å². The molecule has 1 heterocycles. The van der Waals surface area contributed by atoms with Gasteiger partial charge < -0.3 is 5.11 Å². The Balaban J connectivity index is 2.34. The molecule has 0 amide bonds. The van der Waals surface area contributed by atoms with Gasteiger partial charge >= 0.3 is 0 Å². The van der Waals surface area contributed by atoms with Crippen LogP contribution >= 0.6 is 15.9 Å². The molecule has 1 aromatic carbocycles. The van der Waals surface area contributed by atoms with Crippen LogP contribution in [0, 0.1) is 0 Å². The van der Waals surface area contributed by atoms with E-state index < -0.39 is 0 Å². The first-order valence-corrected chi connectivity index (χ1v) is 9.95. The molecule has 0 atom stereocenters. The van der Waals surface area contributed by atoms with Crippen LogP contribution in [0.4, 0.5) is 0 Å². The van der Waals surface area contributed by atoms with Gasteiger partial charge in [-0.25, -0.2) is 0 Å². The molecular formula is C23H24BrNO3. The lowest BCUT2D eigenvalue weighted by Gasteiger charge is -2.29. The predicted octanol–water partition coefficient (Wildman–Crippen LogP) is 5.57.